The first-order valence-electron chi connectivity index (χ1n) is 6.56. The first kappa shape index (κ1) is 21.7. The van der Waals surface area contributed by atoms with E-state index in [-0.39, 0.29) is 0 Å². The third-order valence-corrected chi connectivity index (χ3v) is 3.83. The number of amides is 1. The van der Waals surface area contributed by atoms with Gasteiger partial charge in [-0.3, -0.25) is 4.72 Å². The number of nitrogens with one attached hydrogen (secondary N) is 2. The predicted octanol–water partition coefficient (Wildman–Crippen LogP) is 2.79. The Morgan fingerprint density at radius 1 is 1.33 bits per heavy atom. The molecule has 0 heterocycles. The Labute approximate surface area is 135 Å². The van der Waals surface area contributed by atoms with Gasteiger partial charge in [0.05, 0.1) is 0 Å². The molecule has 2 N–H and O–H groups in total. The Hall–Kier alpha value is -1.56. The van der Waals surface area contributed by atoms with Gasteiger partial charge in [0.2, 0.25) is 0 Å². The molecular weight excluding hydrogens is 595 g/mol. The van der Waals surface area contributed by atoms with Crippen LogP contribution in [0.5, 0.6) is 0 Å². The summed E-state index contributed by atoms with van der Waals surface area (Å²) in [6.45, 7) is 6.40. The van der Waals surface area contributed by atoms with Gasteiger partial charge in [0, 0.05) is 29.0 Å². The fraction of sp³-hybridized carbons (Fsp3) is 0.500. The normalized spacial score (nSPS) is 9.43. The Morgan fingerprint density at radius 3 is 2.57 bits per heavy atom. The molecule has 0 fully saturated rings. The topological polar surface area (TPSA) is 44.4 Å². The summed E-state index contributed by atoms with van der Waals surface area (Å²) in [7, 11) is 4.09. The van der Waals surface area contributed by atoms with Gasteiger partial charge in [-0.2, -0.15) is 6.41 Å². The van der Waals surface area contributed by atoms with Crippen LogP contribution in [-0.2, 0) is 11.3 Å². The van der Waals surface area contributed by atoms with Gasteiger partial charge in [-0.25, -0.2) is 0 Å². The molecule has 0 aromatic heterocycles. The molecule has 1 rings (SSSR count). The maximum Gasteiger partial charge on any atom is 0.0232 e. The first-order chi connectivity index (χ1) is 9.63. The molecule has 0 spiro atoms. The molecule has 0 radical (unpaired) electrons. The number of hydrogen-bond donors (Lipinski definition) is 2. The number of rotatable bonds is 8. The summed E-state index contributed by atoms with van der Waals surface area (Å²) in [6.07, 6.45) is 1.68. The number of carbonyl (C=O) groups excluding carboxylic acids is 1. The molecule has 1 aromatic rings. The zero-order chi connectivity index (χ0) is 15.4. The minimum atomic E-state index is 0. The second kappa shape index (κ2) is 13.4. The summed E-state index contributed by atoms with van der Waals surface area (Å²) in [5.41, 5.74) is 1.04. The summed E-state index contributed by atoms with van der Waals surface area (Å²) in [5.74, 6) is 0. The maximum absolute atomic E-state index is 10.2. The summed E-state index contributed by atoms with van der Waals surface area (Å²) in [4.78, 5) is 13.4. The molecule has 4 nitrogen and oxygen atoms in total. The van der Waals surface area contributed by atoms with E-state index in [1.54, 1.807) is 18.4 Å². The minimum absolute atomic E-state index is 0. The van der Waals surface area contributed by atoms with Crippen LogP contribution < -0.4 is 10.0 Å². The van der Waals surface area contributed by atoms with Crippen LogP contribution in [0.4, 0.5) is 0 Å². The van der Waals surface area contributed by atoms with E-state index in [1.165, 1.54) is 0 Å². The van der Waals surface area contributed by atoms with Gasteiger partial charge in [-0.05, 0) is 49.8 Å². The average molecular weight is 618 g/mol. The van der Waals surface area contributed by atoms with Crippen LogP contribution in [0.1, 0.15) is 19.4 Å². The second-order valence-electron chi connectivity index (χ2n) is 4.01. The van der Waals surface area contributed by atoms with Crippen molar-refractivity contribution < 1.29 is 4.79 Å². The molecule has 0 unspecified atom stereocenters. The van der Waals surface area contributed by atoms with E-state index in [2.05, 4.69) is 30.9 Å². The average Bonchev–Trinajstić information content (AvgIpc) is 2.45. The fourth-order valence-corrected chi connectivity index (χ4v) is 2.37. The van der Waals surface area contributed by atoms with Crippen LogP contribution in [0.25, 0.3) is 0 Å². The Bertz CT molecular complexity index is 394. The van der Waals surface area contributed by atoms with Crippen molar-refractivity contribution in [2.75, 3.05) is 27.2 Å². The van der Waals surface area contributed by atoms with Crippen LogP contribution in [0.2, 0.25) is 0 Å². The van der Waals surface area contributed by atoms with Gasteiger partial charge < -0.3 is 15.0 Å². The Morgan fingerprint density at radius 2 is 2.00 bits per heavy atom. The number of likely N-dealkylation sites (N-methyl/N-ethyl adjacent to an activating group) is 1. The van der Waals surface area contributed by atoms with E-state index in [1.807, 2.05) is 46.1 Å². The molecule has 0 aliphatic rings. The third kappa shape index (κ3) is 9.90. The molecule has 0 saturated carbocycles. The maximum atomic E-state index is 10.2. The van der Waals surface area contributed by atoms with Crippen molar-refractivity contribution in [1.82, 2.24) is 14.9 Å². The molecule has 0 bridgehead atoms. The van der Waals surface area contributed by atoms with E-state index < -0.39 is 0 Å². The van der Waals surface area contributed by atoms with Crippen LogP contribution in [-0.4, -0.2) is 38.5 Å². The van der Waals surface area contributed by atoms with E-state index in [0.717, 1.165) is 28.0 Å². The van der Waals surface area contributed by atoms with Crippen molar-refractivity contribution in [2.45, 2.75) is 25.3 Å². The molecule has 7 heteroatoms. The zero-order valence-electron chi connectivity index (χ0n) is 12.8. The molecule has 126 valence electrons. The predicted molar refractivity (Wildman–Crippen MR) is 90.4 cm³/mol. The van der Waals surface area contributed by atoms with Gasteiger partial charge >= 0.3 is 0 Å². The van der Waals surface area contributed by atoms with Crippen molar-refractivity contribution in [3.05, 3.63) is 28.2 Å². The molecule has 0 aliphatic carbocycles. The van der Waals surface area contributed by atoms with E-state index in [9.17, 15) is 4.79 Å². The molecule has 0 saturated heterocycles. The number of benzene rings is 1. The van der Waals surface area contributed by atoms with Crippen molar-refractivity contribution in [3.8, 4) is 0 Å². The van der Waals surface area contributed by atoms with Crippen molar-refractivity contribution >= 4 is 34.3 Å². The van der Waals surface area contributed by atoms with Crippen LogP contribution >= 0.6 is 27.9 Å². The monoisotopic (exact) mass is 617 g/mol. The van der Waals surface area contributed by atoms with Gasteiger partial charge in [-0.1, -0.05) is 29.8 Å². The van der Waals surface area contributed by atoms with Crippen molar-refractivity contribution in [1.29, 1.82) is 0 Å². The standard InChI is InChI=1S/C12H17BrN3OS.C2H6.Fm/c1-16(2)6-5-15-18-11-3-4-12(13)10(7-11)8-14-9-17;1-2;/h3-4,7,15H,5-6,8H2,1-2H3,(H,14,17);1-2H3;/q-1;;. The molecule has 21 heavy (non-hydrogen) atoms. The van der Waals surface area contributed by atoms with E-state index in [0.29, 0.717) is 6.54 Å². The Kier molecular flexibility index (Phi) is 13.9. The third-order valence-electron chi connectivity index (χ3n) is 2.22. The van der Waals surface area contributed by atoms with Gasteiger partial charge in [0.1, 0.15) is 0 Å². The molecule has 0 atom stereocenters. The van der Waals surface area contributed by atoms with Gasteiger partial charge in [0.15, 0.2) is 0 Å². The number of halogens is 1. The Balaban J connectivity index is 0. The summed E-state index contributed by atoms with van der Waals surface area (Å²) < 4.78 is 4.29. The van der Waals surface area contributed by atoms with Crippen LogP contribution in [0, 0.1) is 0 Å². The van der Waals surface area contributed by atoms with Gasteiger partial charge in [0.25, 0.3) is 0 Å². The molecular formula is C14H23BrFmN3OS-. The molecule has 1 aromatic carbocycles. The van der Waals surface area contributed by atoms with Crippen molar-refractivity contribution in [3.63, 3.8) is 0 Å². The quantitative estimate of drug-likeness (QED) is 0.204. The SMILES string of the molecule is CC.CN(C)CCNSc1ccc(Br)c(CN[C-]=O)c1.[Fm]. The second-order valence-corrected chi connectivity index (χ2v) is 5.83. The molecule has 1 amide bonds. The number of hydrogen-bond acceptors (Lipinski definition) is 4. The largest absolute Gasteiger partial charge is 0.526 e. The van der Waals surface area contributed by atoms with Gasteiger partial charge in [-0.15, -0.1) is 0 Å². The van der Waals surface area contributed by atoms with E-state index >= 15 is 0 Å². The minimum Gasteiger partial charge on any atom is -0.526 e. The van der Waals surface area contributed by atoms with E-state index in [4.69, 9.17) is 0 Å². The summed E-state index contributed by atoms with van der Waals surface area (Å²) in [6, 6.07) is 6.06. The fourth-order valence-electron chi connectivity index (χ4n) is 1.28. The van der Waals surface area contributed by atoms with Crippen LogP contribution in [0.15, 0.2) is 27.6 Å². The summed E-state index contributed by atoms with van der Waals surface area (Å²) in [5, 5.41) is 2.54. The first-order valence-corrected chi connectivity index (χ1v) is 8.17. The number of nitrogens with zero attached hydrogens (tertiary/aromatic N) is 1. The van der Waals surface area contributed by atoms with Crippen LogP contribution in [0.3, 0.4) is 0 Å². The van der Waals surface area contributed by atoms with Crippen molar-refractivity contribution in [2.24, 2.45) is 0 Å². The summed E-state index contributed by atoms with van der Waals surface area (Å²) >= 11 is 5.05. The molecule has 0 aliphatic heterocycles. The zero-order valence-corrected chi connectivity index (χ0v) is 17.6. The smallest absolute Gasteiger partial charge is 0.0232 e.